The Labute approximate surface area is 149 Å². The molecule has 24 heavy (non-hydrogen) atoms. The minimum absolute atomic E-state index is 0.600. The summed E-state index contributed by atoms with van der Waals surface area (Å²) < 4.78 is 0. The van der Waals surface area contributed by atoms with Gasteiger partial charge in [0.15, 0.2) is 0 Å². The van der Waals surface area contributed by atoms with Gasteiger partial charge in [0.05, 0.1) is 0 Å². The third kappa shape index (κ3) is 6.29. The summed E-state index contributed by atoms with van der Waals surface area (Å²) in [7, 11) is 0. The van der Waals surface area contributed by atoms with E-state index in [9.17, 15) is 0 Å². The molecule has 0 radical (unpaired) electrons. The number of hydrogen-bond acceptors (Lipinski definition) is 3. The fourth-order valence-corrected chi connectivity index (χ4v) is 1.99. The number of nitrogens with two attached hydrogens (primary N) is 1. The standard InChI is InChI=1S/C15H12S.C6H8N2/c1-12-2-4-13(5-3-12)6-7-14-8-10-15(16)11-9-14;7-5-6-1-3-8-4-2-6/h2-5,8-11,16H,1H3;1-4H,5,7H2. The summed E-state index contributed by atoms with van der Waals surface area (Å²) in [5, 5.41) is 0. The molecule has 3 heteroatoms. The van der Waals surface area contributed by atoms with Crippen molar-refractivity contribution in [2.45, 2.75) is 18.4 Å². The second-order valence-corrected chi connectivity index (χ2v) is 5.74. The lowest BCUT2D eigenvalue weighted by Crippen LogP contribution is -1.94. The summed E-state index contributed by atoms with van der Waals surface area (Å²) in [4.78, 5) is 4.80. The van der Waals surface area contributed by atoms with Gasteiger partial charge in [-0.25, -0.2) is 0 Å². The van der Waals surface area contributed by atoms with E-state index in [1.807, 2.05) is 48.5 Å². The topological polar surface area (TPSA) is 38.9 Å². The van der Waals surface area contributed by atoms with Gasteiger partial charge in [-0.05, 0) is 61.0 Å². The Hall–Kier alpha value is -2.54. The van der Waals surface area contributed by atoms with Gasteiger partial charge in [-0.3, -0.25) is 4.98 Å². The van der Waals surface area contributed by atoms with Gasteiger partial charge in [-0.2, -0.15) is 0 Å². The molecule has 0 aliphatic carbocycles. The maximum atomic E-state index is 5.32. The van der Waals surface area contributed by atoms with Crippen LogP contribution in [-0.4, -0.2) is 4.98 Å². The van der Waals surface area contributed by atoms with Crippen molar-refractivity contribution < 1.29 is 0 Å². The van der Waals surface area contributed by atoms with Gasteiger partial charge in [-0.1, -0.05) is 29.5 Å². The molecule has 3 aromatic rings. The maximum Gasteiger partial charge on any atom is 0.0271 e. The van der Waals surface area contributed by atoms with Crippen LogP contribution in [0.25, 0.3) is 0 Å². The van der Waals surface area contributed by atoms with Crippen molar-refractivity contribution >= 4 is 12.6 Å². The molecule has 2 nitrogen and oxygen atoms in total. The highest BCUT2D eigenvalue weighted by molar-refractivity contribution is 7.80. The molecule has 0 unspecified atom stereocenters. The average molecular weight is 332 g/mol. The highest BCUT2D eigenvalue weighted by Gasteiger charge is 1.88. The molecule has 2 N–H and O–H groups in total. The Balaban J connectivity index is 0.000000219. The smallest absolute Gasteiger partial charge is 0.0271 e. The van der Waals surface area contributed by atoms with Gasteiger partial charge < -0.3 is 5.73 Å². The highest BCUT2D eigenvalue weighted by atomic mass is 32.1. The second-order valence-electron chi connectivity index (χ2n) is 5.22. The normalized spacial score (nSPS) is 9.29. The summed E-state index contributed by atoms with van der Waals surface area (Å²) in [5.41, 5.74) is 9.76. The Morgan fingerprint density at radius 1 is 0.833 bits per heavy atom. The van der Waals surface area contributed by atoms with Crippen molar-refractivity contribution in [3.05, 3.63) is 95.3 Å². The van der Waals surface area contributed by atoms with Crippen molar-refractivity contribution in [3.63, 3.8) is 0 Å². The number of aromatic nitrogens is 1. The lowest BCUT2D eigenvalue weighted by atomic mass is 10.1. The molecule has 0 spiro atoms. The number of rotatable bonds is 1. The van der Waals surface area contributed by atoms with Gasteiger partial charge in [-0.15, -0.1) is 12.6 Å². The summed E-state index contributed by atoms with van der Waals surface area (Å²) in [5.74, 6) is 6.26. The summed E-state index contributed by atoms with van der Waals surface area (Å²) in [6, 6.07) is 19.9. The van der Waals surface area contributed by atoms with E-state index in [0.29, 0.717) is 6.54 Å². The molecule has 0 aliphatic rings. The summed E-state index contributed by atoms with van der Waals surface area (Å²) in [6.45, 7) is 2.67. The zero-order chi connectivity index (χ0) is 17.2. The number of pyridine rings is 1. The van der Waals surface area contributed by atoms with Crippen LogP contribution in [0.2, 0.25) is 0 Å². The van der Waals surface area contributed by atoms with E-state index >= 15 is 0 Å². The third-order valence-electron chi connectivity index (χ3n) is 3.26. The van der Waals surface area contributed by atoms with Crippen molar-refractivity contribution in [1.82, 2.24) is 4.98 Å². The molecular formula is C21H20N2S. The minimum atomic E-state index is 0.600. The molecule has 0 amide bonds. The van der Waals surface area contributed by atoms with Crippen molar-refractivity contribution in [2.75, 3.05) is 0 Å². The predicted octanol–water partition coefficient (Wildman–Crippen LogP) is 4.22. The van der Waals surface area contributed by atoms with Gasteiger partial charge in [0, 0.05) is 35.0 Å². The first-order chi connectivity index (χ1) is 11.7. The van der Waals surface area contributed by atoms with Gasteiger partial charge in [0.25, 0.3) is 0 Å². The number of hydrogen-bond donors (Lipinski definition) is 2. The predicted molar refractivity (Wildman–Crippen MR) is 103 cm³/mol. The van der Waals surface area contributed by atoms with E-state index in [2.05, 4.69) is 48.5 Å². The lowest BCUT2D eigenvalue weighted by Gasteiger charge is -1.93. The van der Waals surface area contributed by atoms with Crippen molar-refractivity contribution in [3.8, 4) is 11.8 Å². The largest absolute Gasteiger partial charge is 0.326 e. The van der Waals surface area contributed by atoms with Crippen LogP contribution in [-0.2, 0) is 6.54 Å². The van der Waals surface area contributed by atoms with Crippen molar-refractivity contribution in [2.24, 2.45) is 5.73 Å². The monoisotopic (exact) mass is 332 g/mol. The number of nitrogens with zero attached hydrogens (tertiary/aromatic N) is 1. The van der Waals surface area contributed by atoms with Crippen LogP contribution >= 0.6 is 12.6 Å². The van der Waals surface area contributed by atoms with E-state index in [1.54, 1.807) is 12.4 Å². The van der Waals surface area contributed by atoms with E-state index in [-0.39, 0.29) is 0 Å². The van der Waals surface area contributed by atoms with Crippen LogP contribution in [0.5, 0.6) is 0 Å². The Morgan fingerprint density at radius 3 is 1.79 bits per heavy atom. The van der Waals surface area contributed by atoms with Crippen LogP contribution in [0, 0.1) is 18.8 Å². The van der Waals surface area contributed by atoms with E-state index < -0.39 is 0 Å². The minimum Gasteiger partial charge on any atom is -0.326 e. The summed E-state index contributed by atoms with van der Waals surface area (Å²) >= 11 is 4.23. The molecular weight excluding hydrogens is 312 g/mol. The van der Waals surface area contributed by atoms with Crippen molar-refractivity contribution in [1.29, 1.82) is 0 Å². The summed E-state index contributed by atoms with van der Waals surface area (Å²) in [6.07, 6.45) is 3.48. The zero-order valence-electron chi connectivity index (χ0n) is 13.6. The molecule has 0 saturated heterocycles. The molecule has 0 aliphatic heterocycles. The van der Waals surface area contributed by atoms with Crippen LogP contribution in [0.4, 0.5) is 0 Å². The van der Waals surface area contributed by atoms with Crippen LogP contribution in [0.1, 0.15) is 22.3 Å². The molecule has 2 aromatic carbocycles. The van der Waals surface area contributed by atoms with Gasteiger partial charge >= 0.3 is 0 Å². The zero-order valence-corrected chi connectivity index (χ0v) is 14.5. The van der Waals surface area contributed by atoms with Crippen LogP contribution in [0.3, 0.4) is 0 Å². The molecule has 120 valence electrons. The fourth-order valence-electron chi connectivity index (χ4n) is 1.84. The molecule has 0 saturated carbocycles. The van der Waals surface area contributed by atoms with E-state index in [0.717, 1.165) is 21.6 Å². The van der Waals surface area contributed by atoms with Crippen LogP contribution in [0.15, 0.2) is 78.0 Å². The van der Waals surface area contributed by atoms with E-state index in [1.165, 1.54) is 5.56 Å². The number of thiol groups is 1. The van der Waals surface area contributed by atoms with Gasteiger partial charge in [0.1, 0.15) is 0 Å². The third-order valence-corrected chi connectivity index (χ3v) is 3.55. The lowest BCUT2D eigenvalue weighted by molar-refractivity contribution is 1.06. The quantitative estimate of drug-likeness (QED) is 0.517. The Morgan fingerprint density at radius 2 is 1.33 bits per heavy atom. The van der Waals surface area contributed by atoms with Crippen LogP contribution < -0.4 is 5.73 Å². The average Bonchev–Trinajstić information content (AvgIpc) is 2.64. The van der Waals surface area contributed by atoms with Gasteiger partial charge in [0.2, 0.25) is 0 Å². The Kier molecular flexibility index (Phi) is 7.10. The molecule has 0 fully saturated rings. The maximum absolute atomic E-state index is 5.32. The second kappa shape index (κ2) is 9.57. The molecule has 0 bridgehead atoms. The number of aryl methyl sites for hydroxylation is 1. The fraction of sp³-hybridized carbons (Fsp3) is 0.0952. The molecule has 3 rings (SSSR count). The molecule has 0 atom stereocenters. The molecule has 1 aromatic heterocycles. The first-order valence-corrected chi connectivity index (χ1v) is 8.09. The first-order valence-electron chi connectivity index (χ1n) is 7.64. The SMILES string of the molecule is Cc1ccc(C#Cc2ccc(S)cc2)cc1.NCc1ccncc1. The highest BCUT2D eigenvalue weighted by Crippen LogP contribution is 2.07. The first kappa shape index (κ1) is 17.8. The van der Waals surface area contributed by atoms with E-state index in [4.69, 9.17) is 5.73 Å². The Bertz CT molecular complexity index is 749. The number of benzene rings is 2. The molecule has 1 heterocycles.